The first-order chi connectivity index (χ1) is 16.3. The molecular weight excluding hydrogens is 461 g/mol. The lowest BCUT2D eigenvalue weighted by molar-refractivity contribution is -0.133. The second-order valence-electron chi connectivity index (χ2n) is 8.13. The summed E-state index contributed by atoms with van der Waals surface area (Å²) in [5, 5.41) is 7.94. The Bertz CT molecular complexity index is 1430. The van der Waals surface area contributed by atoms with Crippen LogP contribution in [0.5, 0.6) is 11.5 Å². The van der Waals surface area contributed by atoms with Gasteiger partial charge in [0, 0.05) is 23.6 Å². The third-order valence-corrected chi connectivity index (χ3v) is 6.21. The first-order valence-corrected chi connectivity index (χ1v) is 10.8. The fraction of sp³-hybridized carbons (Fsp3) is 0.167. The number of amides is 2. The highest BCUT2D eigenvalue weighted by molar-refractivity contribution is 6.34. The number of rotatable bonds is 6. The lowest BCUT2D eigenvalue weighted by Crippen LogP contribution is -2.41. The lowest BCUT2D eigenvalue weighted by Gasteiger charge is -2.27. The Morgan fingerprint density at radius 1 is 1.18 bits per heavy atom. The van der Waals surface area contributed by atoms with Crippen molar-refractivity contribution >= 4 is 45.8 Å². The topological polar surface area (TPSA) is 114 Å². The first kappa shape index (κ1) is 21.8. The van der Waals surface area contributed by atoms with Gasteiger partial charge in [-0.3, -0.25) is 19.6 Å². The van der Waals surface area contributed by atoms with Crippen LogP contribution >= 0.6 is 11.6 Å². The number of benzene rings is 2. The van der Waals surface area contributed by atoms with Gasteiger partial charge < -0.3 is 10.5 Å². The van der Waals surface area contributed by atoms with E-state index in [0.717, 1.165) is 11.1 Å². The number of nitrogens with two attached hydrogens (primary N) is 1. The molecule has 1 aliphatic carbocycles. The van der Waals surface area contributed by atoms with Crippen molar-refractivity contribution in [1.29, 1.82) is 0 Å². The molecule has 2 aromatic heterocycles. The van der Waals surface area contributed by atoms with Crippen molar-refractivity contribution in [3.63, 3.8) is 0 Å². The Morgan fingerprint density at radius 3 is 2.56 bits per heavy atom. The van der Waals surface area contributed by atoms with Gasteiger partial charge in [-0.15, -0.1) is 0 Å². The average molecular weight is 480 g/mol. The van der Waals surface area contributed by atoms with Crippen LogP contribution in [0, 0.1) is 18.2 Å². The molecule has 0 aliphatic heterocycles. The number of anilines is 2. The Hall–Kier alpha value is -3.98. The van der Waals surface area contributed by atoms with Gasteiger partial charge in [0.15, 0.2) is 5.65 Å². The molecule has 0 bridgehead atoms. The maximum atomic E-state index is 13.6. The van der Waals surface area contributed by atoms with E-state index < -0.39 is 23.0 Å². The van der Waals surface area contributed by atoms with Gasteiger partial charge in [-0.2, -0.15) is 5.10 Å². The molecule has 0 spiro atoms. The number of aromatic nitrogens is 3. The molecule has 172 valence electrons. The largest absolute Gasteiger partial charge is 0.456 e. The molecule has 1 aliphatic rings. The zero-order valence-electron chi connectivity index (χ0n) is 18.0. The summed E-state index contributed by atoms with van der Waals surface area (Å²) in [5.74, 6) is -0.702. The van der Waals surface area contributed by atoms with Gasteiger partial charge >= 0.3 is 0 Å². The van der Waals surface area contributed by atoms with Crippen LogP contribution in [-0.4, -0.2) is 27.0 Å². The van der Waals surface area contributed by atoms with Crippen molar-refractivity contribution in [2.75, 3.05) is 4.90 Å². The van der Waals surface area contributed by atoms with Crippen molar-refractivity contribution in [1.82, 2.24) is 15.2 Å². The Kier molecular flexibility index (Phi) is 5.21. The summed E-state index contributed by atoms with van der Waals surface area (Å²) in [6, 6.07) is 11.9. The van der Waals surface area contributed by atoms with Crippen molar-refractivity contribution < 1.29 is 18.7 Å². The van der Waals surface area contributed by atoms with Crippen molar-refractivity contribution in [3.05, 3.63) is 71.3 Å². The quantitative estimate of drug-likeness (QED) is 0.386. The molecule has 2 heterocycles. The molecule has 1 saturated carbocycles. The highest BCUT2D eigenvalue weighted by Crippen LogP contribution is 2.50. The van der Waals surface area contributed by atoms with E-state index in [1.807, 2.05) is 6.92 Å². The van der Waals surface area contributed by atoms with Gasteiger partial charge in [0.05, 0.1) is 16.1 Å². The third kappa shape index (κ3) is 3.63. The predicted octanol–water partition coefficient (Wildman–Crippen LogP) is 4.78. The molecule has 10 heteroatoms. The summed E-state index contributed by atoms with van der Waals surface area (Å²) < 4.78 is 19.6. The van der Waals surface area contributed by atoms with E-state index in [9.17, 15) is 14.0 Å². The minimum atomic E-state index is -1.30. The van der Waals surface area contributed by atoms with Crippen LogP contribution in [0.4, 0.5) is 15.8 Å². The van der Waals surface area contributed by atoms with E-state index in [4.69, 9.17) is 22.1 Å². The number of fused-ring (bicyclic) bond motifs is 1. The van der Waals surface area contributed by atoms with E-state index in [1.165, 1.54) is 29.2 Å². The van der Waals surface area contributed by atoms with Gasteiger partial charge in [-0.05, 0) is 62.2 Å². The molecule has 5 rings (SSSR count). The molecule has 2 aromatic carbocycles. The number of hydrogen-bond acceptors (Lipinski definition) is 5. The fourth-order valence-corrected chi connectivity index (χ4v) is 4.12. The monoisotopic (exact) mass is 479 g/mol. The number of pyridine rings is 1. The molecule has 2 amide bonds. The Morgan fingerprint density at radius 2 is 1.91 bits per heavy atom. The summed E-state index contributed by atoms with van der Waals surface area (Å²) >= 11 is 6.60. The number of nitrogens with one attached hydrogen (secondary N) is 1. The van der Waals surface area contributed by atoms with Crippen LogP contribution in [0.1, 0.15) is 18.5 Å². The Balaban J connectivity index is 1.53. The number of carbonyl (C=O) groups is 2. The fourth-order valence-electron chi connectivity index (χ4n) is 3.87. The number of aromatic amines is 1. The van der Waals surface area contributed by atoms with E-state index in [2.05, 4.69) is 15.2 Å². The average Bonchev–Trinajstić information content (AvgIpc) is 3.55. The van der Waals surface area contributed by atoms with Crippen LogP contribution in [0.2, 0.25) is 5.02 Å². The number of primary amides is 1. The second kappa shape index (κ2) is 8.11. The molecule has 4 aromatic rings. The van der Waals surface area contributed by atoms with Crippen molar-refractivity contribution in [2.24, 2.45) is 11.1 Å². The molecule has 1 fully saturated rings. The minimum Gasteiger partial charge on any atom is -0.456 e. The summed E-state index contributed by atoms with van der Waals surface area (Å²) in [6.45, 7) is 1.86. The van der Waals surface area contributed by atoms with Gasteiger partial charge in [0.1, 0.15) is 22.7 Å². The minimum absolute atomic E-state index is 0.199. The summed E-state index contributed by atoms with van der Waals surface area (Å²) in [7, 11) is 0. The first-order valence-electron chi connectivity index (χ1n) is 10.5. The molecule has 34 heavy (non-hydrogen) atoms. The van der Waals surface area contributed by atoms with Crippen LogP contribution < -0.4 is 15.4 Å². The van der Waals surface area contributed by atoms with Gasteiger partial charge in [-0.1, -0.05) is 11.6 Å². The number of nitrogens with zero attached hydrogens (tertiary/aromatic N) is 3. The van der Waals surface area contributed by atoms with Gasteiger partial charge in [-0.25, -0.2) is 9.37 Å². The standard InChI is InChI=1S/C24H19ClFN5O3/c1-13-20-19(8-11-28-21(20)30-29-13)34-16-6-7-18(17(25)12-16)31(15-4-2-14(26)3-5-15)23(33)24(9-10-24)22(27)32/h2-8,11-12H,9-10H2,1H3,(H2,27,32)(H,28,29,30). The molecule has 0 saturated heterocycles. The summed E-state index contributed by atoms with van der Waals surface area (Å²) in [6.07, 6.45) is 2.28. The zero-order chi connectivity index (χ0) is 24.0. The molecular formula is C24H19ClFN5O3. The van der Waals surface area contributed by atoms with Crippen LogP contribution in [0.3, 0.4) is 0 Å². The number of carbonyl (C=O) groups excluding carboxylic acids is 2. The number of H-pyrrole nitrogens is 1. The van der Waals surface area contributed by atoms with Gasteiger partial charge in [0.25, 0.3) is 0 Å². The lowest BCUT2D eigenvalue weighted by atomic mass is 10.0. The summed E-state index contributed by atoms with van der Waals surface area (Å²) in [4.78, 5) is 31.0. The maximum Gasteiger partial charge on any atom is 0.247 e. The number of aryl methyl sites for hydroxylation is 1. The van der Waals surface area contributed by atoms with Crippen LogP contribution in [-0.2, 0) is 9.59 Å². The van der Waals surface area contributed by atoms with Crippen molar-refractivity contribution in [2.45, 2.75) is 19.8 Å². The molecule has 8 nitrogen and oxygen atoms in total. The summed E-state index contributed by atoms with van der Waals surface area (Å²) in [5.41, 5.74) is 6.24. The van der Waals surface area contributed by atoms with E-state index in [1.54, 1.807) is 30.5 Å². The maximum absolute atomic E-state index is 13.6. The number of ether oxygens (including phenoxy) is 1. The van der Waals surface area contributed by atoms with Crippen molar-refractivity contribution in [3.8, 4) is 11.5 Å². The third-order valence-electron chi connectivity index (χ3n) is 5.90. The zero-order valence-corrected chi connectivity index (χ0v) is 18.8. The molecule has 0 atom stereocenters. The smallest absolute Gasteiger partial charge is 0.247 e. The predicted molar refractivity (Wildman–Crippen MR) is 125 cm³/mol. The van der Waals surface area contributed by atoms with E-state index >= 15 is 0 Å². The van der Waals surface area contributed by atoms with Crippen LogP contribution in [0.25, 0.3) is 11.0 Å². The number of halogens is 2. The number of hydrogen-bond donors (Lipinski definition) is 2. The highest BCUT2D eigenvalue weighted by atomic mass is 35.5. The van der Waals surface area contributed by atoms with Crippen LogP contribution in [0.15, 0.2) is 54.7 Å². The highest BCUT2D eigenvalue weighted by Gasteiger charge is 2.57. The SMILES string of the molecule is Cc1[nH]nc2nccc(Oc3ccc(N(C(=O)C4(C(N)=O)CC4)c4ccc(F)cc4)c(Cl)c3)c12. The molecule has 0 radical (unpaired) electrons. The normalized spacial score (nSPS) is 14.1. The molecule has 0 unspecified atom stereocenters. The molecule has 3 N–H and O–H groups in total. The van der Waals surface area contributed by atoms with E-state index in [0.29, 0.717) is 41.4 Å². The van der Waals surface area contributed by atoms with E-state index in [-0.39, 0.29) is 5.02 Å². The second-order valence-corrected chi connectivity index (χ2v) is 8.54. The Labute approximate surface area is 198 Å². The van der Waals surface area contributed by atoms with Gasteiger partial charge in [0.2, 0.25) is 11.8 Å².